The van der Waals surface area contributed by atoms with Crippen molar-refractivity contribution in [2.45, 2.75) is 81.1 Å². The van der Waals surface area contributed by atoms with Crippen molar-refractivity contribution in [2.24, 2.45) is 0 Å². The number of hydrogen-bond acceptors (Lipinski definition) is 1. The molecule has 2 rings (SSSR count). The van der Waals surface area contributed by atoms with E-state index in [1.54, 1.807) is 0 Å². The first-order valence-corrected chi connectivity index (χ1v) is 9.55. The summed E-state index contributed by atoms with van der Waals surface area (Å²) in [6, 6.07) is 10.4. The SMILES string of the molecule is OC1(C(Br)c2ccccc2)CCCCCCCCCCC1. The molecule has 1 nitrogen and oxygen atoms in total. The number of halogens is 1. The summed E-state index contributed by atoms with van der Waals surface area (Å²) in [5.74, 6) is 0. The van der Waals surface area contributed by atoms with Crippen LogP contribution < -0.4 is 0 Å². The van der Waals surface area contributed by atoms with E-state index in [1.165, 1.54) is 50.5 Å². The summed E-state index contributed by atoms with van der Waals surface area (Å²) in [5, 5.41) is 11.2. The van der Waals surface area contributed by atoms with Crippen LogP contribution in [0.1, 0.15) is 81.0 Å². The first kappa shape index (κ1) is 17.0. The van der Waals surface area contributed by atoms with E-state index in [1.807, 2.05) is 6.07 Å². The largest absolute Gasteiger partial charge is 0.388 e. The van der Waals surface area contributed by atoms with E-state index >= 15 is 0 Å². The van der Waals surface area contributed by atoms with Gasteiger partial charge in [-0.15, -0.1) is 0 Å². The summed E-state index contributed by atoms with van der Waals surface area (Å²) in [6.07, 6.45) is 13.4. The van der Waals surface area contributed by atoms with Gasteiger partial charge in [0.1, 0.15) is 0 Å². The van der Waals surface area contributed by atoms with E-state index in [2.05, 4.69) is 40.2 Å². The lowest BCUT2D eigenvalue weighted by atomic mass is 9.84. The quantitative estimate of drug-likeness (QED) is 0.632. The predicted molar refractivity (Wildman–Crippen MR) is 93.8 cm³/mol. The molecule has 1 N–H and O–H groups in total. The van der Waals surface area contributed by atoms with Crippen molar-refractivity contribution >= 4 is 15.9 Å². The van der Waals surface area contributed by atoms with Gasteiger partial charge < -0.3 is 5.11 Å². The fraction of sp³-hybridized carbons (Fsp3) is 0.684. The molecule has 1 saturated carbocycles. The third kappa shape index (κ3) is 5.41. The van der Waals surface area contributed by atoms with Gasteiger partial charge in [0.05, 0.1) is 10.4 Å². The van der Waals surface area contributed by atoms with Crippen LogP contribution in [-0.2, 0) is 0 Å². The second kappa shape index (κ2) is 8.95. The van der Waals surface area contributed by atoms with E-state index in [0.717, 1.165) is 25.7 Å². The van der Waals surface area contributed by atoms with E-state index in [9.17, 15) is 5.11 Å². The van der Waals surface area contributed by atoms with Crippen LogP contribution in [0.2, 0.25) is 0 Å². The topological polar surface area (TPSA) is 20.2 Å². The normalized spacial score (nSPS) is 22.8. The van der Waals surface area contributed by atoms with E-state index < -0.39 is 5.60 Å². The Balaban J connectivity index is 2.03. The fourth-order valence-corrected chi connectivity index (χ4v) is 4.17. The highest BCUT2D eigenvalue weighted by Crippen LogP contribution is 2.41. The van der Waals surface area contributed by atoms with Crippen LogP contribution in [0.4, 0.5) is 0 Å². The van der Waals surface area contributed by atoms with Crippen molar-refractivity contribution in [3.8, 4) is 0 Å². The van der Waals surface area contributed by atoms with Crippen molar-refractivity contribution in [3.05, 3.63) is 35.9 Å². The standard InChI is InChI=1S/C19H29BrO/c20-18(17-13-9-8-10-14-17)19(21)15-11-6-4-2-1-3-5-7-12-16-19/h8-10,13-14,18,21H,1-7,11-12,15-16H2. The zero-order valence-corrected chi connectivity index (χ0v) is 14.7. The lowest BCUT2D eigenvalue weighted by Crippen LogP contribution is -2.33. The number of benzene rings is 1. The lowest BCUT2D eigenvalue weighted by molar-refractivity contribution is 0.0165. The Morgan fingerprint density at radius 1 is 0.762 bits per heavy atom. The molecule has 21 heavy (non-hydrogen) atoms. The molecule has 0 aromatic heterocycles. The minimum Gasteiger partial charge on any atom is -0.388 e. The molecule has 2 heteroatoms. The molecule has 0 amide bonds. The summed E-state index contributed by atoms with van der Waals surface area (Å²) in [5.41, 5.74) is 0.604. The van der Waals surface area contributed by atoms with E-state index in [4.69, 9.17) is 0 Å². The highest BCUT2D eigenvalue weighted by atomic mass is 79.9. The van der Waals surface area contributed by atoms with Gasteiger partial charge in [-0.1, -0.05) is 104 Å². The Morgan fingerprint density at radius 3 is 1.67 bits per heavy atom. The summed E-state index contributed by atoms with van der Waals surface area (Å²) in [4.78, 5) is 0.0501. The van der Waals surface area contributed by atoms with E-state index in [-0.39, 0.29) is 4.83 Å². The molecule has 118 valence electrons. The molecule has 1 aromatic carbocycles. The maximum atomic E-state index is 11.2. The summed E-state index contributed by atoms with van der Waals surface area (Å²) in [7, 11) is 0. The molecular weight excluding hydrogens is 324 g/mol. The molecule has 1 aliphatic carbocycles. The van der Waals surface area contributed by atoms with Crippen LogP contribution in [0.5, 0.6) is 0 Å². The summed E-state index contributed by atoms with van der Waals surface area (Å²) in [6.45, 7) is 0. The Hall–Kier alpha value is -0.340. The molecule has 1 aliphatic rings. The number of hydrogen-bond donors (Lipinski definition) is 1. The zero-order valence-electron chi connectivity index (χ0n) is 13.1. The van der Waals surface area contributed by atoms with Gasteiger partial charge in [0.2, 0.25) is 0 Å². The van der Waals surface area contributed by atoms with Crippen molar-refractivity contribution < 1.29 is 5.11 Å². The van der Waals surface area contributed by atoms with E-state index in [0.29, 0.717) is 0 Å². The van der Waals surface area contributed by atoms with Crippen LogP contribution >= 0.6 is 15.9 Å². The predicted octanol–water partition coefficient (Wildman–Crippen LogP) is 6.16. The van der Waals surface area contributed by atoms with Crippen molar-refractivity contribution in [1.82, 2.24) is 0 Å². The van der Waals surface area contributed by atoms with Crippen LogP contribution in [0.25, 0.3) is 0 Å². The Labute approximate surface area is 138 Å². The minimum atomic E-state index is -0.597. The van der Waals surface area contributed by atoms with Gasteiger partial charge in [-0.05, 0) is 18.4 Å². The molecule has 1 atom stereocenters. The molecule has 0 saturated heterocycles. The van der Waals surface area contributed by atoms with Crippen LogP contribution in [0.15, 0.2) is 30.3 Å². The van der Waals surface area contributed by atoms with Crippen LogP contribution in [0, 0.1) is 0 Å². The average Bonchev–Trinajstić information content (AvgIpc) is 2.51. The van der Waals surface area contributed by atoms with Crippen molar-refractivity contribution in [2.75, 3.05) is 0 Å². The highest BCUT2D eigenvalue weighted by Gasteiger charge is 2.35. The molecule has 0 heterocycles. The highest BCUT2D eigenvalue weighted by molar-refractivity contribution is 9.09. The molecule has 0 radical (unpaired) electrons. The van der Waals surface area contributed by atoms with Gasteiger partial charge in [0.25, 0.3) is 0 Å². The third-order valence-corrected chi connectivity index (χ3v) is 6.16. The van der Waals surface area contributed by atoms with Gasteiger partial charge in [0.15, 0.2) is 0 Å². The Morgan fingerprint density at radius 2 is 1.19 bits per heavy atom. The minimum absolute atomic E-state index is 0.0501. The zero-order chi connectivity index (χ0) is 15.0. The smallest absolute Gasteiger partial charge is 0.0813 e. The van der Waals surface area contributed by atoms with Gasteiger partial charge in [-0.3, -0.25) is 0 Å². The van der Waals surface area contributed by atoms with Crippen molar-refractivity contribution in [3.63, 3.8) is 0 Å². The monoisotopic (exact) mass is 352 g/mol. The molecule has 0 aliphatic heterocycles. The second-order valence-electron chi connectivity index (χ2n) is 6.56. The summed E-state index contributed by atoms with van der Waals surface area (Å²) < 4.78 is 0. The van der Waals surface area contributed by atoms with Gasteiger partial charge >= 0.3 is 0 Å². The molecule has 0 spiro atoms. The average molecular weight is 353 g/mol. The summed E-state index contributed by atoms with van der Waals surface area (Å²) >= 11 is 3.79. The molecule has 1 aromatic rings. The lowest BCUT2D eigenvalue weighted by Gasteiger charge is -2.34. The van der Waals surface area contributed by atoms with Crippen LogP contribution in [-0.4, -0.2) is 10.7 Å². The van der Waals surface area contributed by atoms with Gasteiger partial charge in [-0.2, -0.15) is 0 Å². The first-order valence-electron chi connectivity index (χ1n) is 8.64. The Bertz CT molecular complexity index is 378. The third-order valence-electron chi connectivity index (χ3n) is 4.78. The maximum absolute atomic E-state index is 11.2. The molecular formula is C19H29BrO. The second-order valence-corrected chi connectivity index (χ2v) is 7.47. The fourth-order valence-electron chi connectivity index (χ4n) is 3.41. The number of alkyl halides is 1. The van der Waals surface area contributed by atoms with Crippen molar-refractivity contribution in [1.29, 1.82) is 0 Å². The maximum Gasteiger partial charge on any atom is 0.0813 e. The molecule has 1 fully saturated rings. The Kier molecular flexibility index (Phi) is 7.25. The van der Waals surface area contributed by atoms with Gasteiger partial charge in [-0.25, -0.2) is 0 Å². The number of aliphatic hydroxyl groups is 1. The molecule has 0 bridgehead atoms. The molecule has 1 unspecified atom stereocenters. The van der Waals surface area contributed by atoms with Crippen LogP contribution in [0.3, 0.4) is 0 Å². The van der Waals surface area contributed by atoms with Gasteiger partial charge in [0, 0.05) is 0 Å². The number of rotatable bonds is 2. The first-order chi connectivity index (χ1) is 10.2.